The Labute approximate surface area is 178 Å². The predicted molar refractivity (Wildman–Crippen MR) is 113 cm³/mol. The van der Waals surface area contributed by atoms with Crippen LogP contribution in [0.3, 0.4) is 0 Å². The summed E-state index contributed by atoms with van der Waals surface area (Å²) in [6, 6.07) is 9.18. The van der Waals surface area contributed by atoms with Gasteiger partial charge in [-0.3, -0.25) is 9.36 Å². The zero-order valence-electron chi connectivity index (χ0n) is 16.7. The molecule has 0 atom stereocenters. The van der Waals surface area contributed by atoms with E-state index in [-0.39, 0.29) is 0 Å². The van der Waals surface area contributed by atoms with Gasteiger partial charge in [-0.2, -0.15) is 23.4 Å². The summed E-state index contributed by atoms with van der Waals surface area (Å²) in [4.78, 5) is 0. The quantitative estimate of drug-likeness (QED) is 0.431. The summed E-state index contributed by atoms with van der Waals surface area (Å²) in [5, 5.41) is 14.5. The number of halogens is 3. The van der Waals surface area contributed by atoms with Crippen molar-refractivity contribution in [2.24, 2.45) is 0 Å². The number of thiocarbonyl (C=S) groups is 1. The smallest absolute Gasteiger partial charge is 0.362 e. The fraction of sp³-hybridized carbons (Fsp3) is 0.350. The molecule has 0 fully saturated rings. The number of nitrogens with zero attached hydrogens (tertiary/aromatic N) is 4. The number of anilines is 1. The lowest BCUT2D eigenvalue weighted by Crippen LogP contribution is -2.29. The number of aromatic nitrogens is 4. The van der Waals surface area contributed by atoms with Crippen LogP contribution in [0.5, 0.6) is 0 Å². The van der Waals surface area contributed by atoms with Gasteiger partial charge in [0, 0.05) is 25.0 Å². The van der Waals surface area contributed by atoms with Crippen molar-refractivity contribution in [3.05, 3.63) is 65.2 Å². The summed E-state index contributed by atoms with van der Waals surface area (Å²) in [7, 11) is 0. The molecule has 3 rings (SSSR count). The summed E-state index contributed by atoms with van der Waals surface area (Å²) in [6.45, 7) is 5.20. The van der Waals surface area contributed by atoms with Crippen LogP contribution in [0.15, 0.2) is 42.7 Å². The molecule has 0 spiro atoms. The lowest BCUT2D eigenvalue weighted by atomic mass is 10.1. The average Bonchev–Trinajstić information content (AvgIpc) is 3.27. The van der Waals surface area contributed by atoms with E-state index in [4.69, 9.17) is 12.2 Å². The largest absolute Gasteiger partial charge is 0.435 e. The maximum atomic E-state index is 12.7. The van der Waals surface area contributed by atoms with Gasteiger partial charge in [0.25, 0.3) is 0 Å². The number of benzene rings is 1. The molecule has 2 heterocycles. The molecule has 6 nitrogen and oxygen atoms in total. The van der Waals surface area contributed by atoms with E-state index >= 15 is 0 Å². The molecule has 0 radical (unpaired) electrons. The summed E-state index contributed by atoms with van der Waals surface area (Å²) in [6.07, 6.45) is -0.290. The first-order chi connectivity index (χ1) is 14.2. The molecule has 160 valence electrons. The highest BCUT2D eigenvalue weighted by Crippen LogP contribution is 2.28. The summed E-state index contributed by atoms with van der Waals surface area (Å²) in [5.74, 6) is 0. The Bertz CT molecular complexity index is 1010. The van der Waals surface area contributed by atoms with E-state index in [1.807, 2.05) is 23.0 Å². The maximum absolute atomic E-state index is 12.7. The highest BCUT2D eigenvalue weighted by Gasteiger charge is 2.34. The Morgan fingerprint density at radius 3 is 2.67 bits per heavy atom. The van der Waals surface area contributed by atoms with Crippen LogP contribution in [-0.4, -0.2) is 31.2 Å². The molecule has 0 saturated heterocycles. The van der Waals surface area contributed by atoms with Crippen LogP contribution >= 0.6 is 12.2 Å². The predicted octanol–water partition coefficient (Wildman–Crippen LogP) is 4.14. The van der Waals surface area contributed by atoms with Crippen molar-refractivity contribution in [2.45, 2.75) is 39.5 Å². The second kappa shape index (κ2) is 9.29. The van der Waals surface area contributed by atoms with E-state index in [0.29, 0.717) is 36.9 Å². The van der Waals surface area contributed by atoms with Gasteiger partial charge in [0.2, 0.25) is 0 Å². The number of aryl methyl sites for hydroxylation is 3. The molecule has 10 heteroatoms. The topological polar surface area (TPSA) is 59.7 Å². The monoisotopic (exact) mass is 436 g/mol. The molecule has 2 aromatic heterocycles. The van der Waals surface area contributed by atoms with Crippen molar-refractivity contribution in [2.75, 3.05) is 11.9 Å². The number of nitrogens with one attached hydrogen (secondary N) is 2. The van der Waals surface area contributed by atoms with Gasteiger partial charge < -0.3 is 10.6 Å². The second-order valence-electron chi connectivity index (χ2n) is 6.98. The SMILES string of the molecule is Cc1ccccc1Cn1cc(NC(=S)NCCCn2nc(C(F)(F)F)cc2C)cn1. The fourth-order valence-electron chi connectivity index (χ4n) is 2.96. The molecule has 0 aliphatic carbocycles. The lowest BCUT2D eigenvalue weighted by Gasteiger charge is -2.10. The summed E-state index contributed by atoms with van der Waals surface area (Å²) >= 11 is 5.27. The summed E-state index contributed by atoms with van der Waals surface area (Å²) in [5.41, 5.74) is 2.76. The molecule has 0 aliphatic rings. The van der Waals surface area contributed by atoms with Gasteiger partial charge in [0.05, 0.1) is 18.4 Å². The first-order valence-corrected chi connectivity index (χ1v) is 9.86. The number of hydrogen-bond acceptors (Lipinski definition) is 3. The Kier molecular flexibility index (Phi) is 6.76. The fourth-order valence-corrected chi connectivity index (χ4v) is 3.18. The molecule has 0 bridgehead atoms. The van der Waals surface area contributed by atoms with Gasteiger partial charge in [0.15, 0.2) is 10.8 Å². The zero-order valence-corrected chi connectivity index (χ0v) is 17.5. The van der Waals surface area contributed by atoms with Crippen molar-refractivity contribution in [1.82, 2.24) is 24.9 Å². The third-order valence-electron chi connectivity index (χ3n) is 4.59. The van der Waals surface area contributed by atoms with E-state index < -0.39 is 11.9 Å². The van der Waals surface area contributed by atoms with Crippen molar-refractivity contribution in [3.8, 4) is 0 Å². The van der Waals surface area contributed by atoms with E-state index in [1.165, 1.54) is 15.8 Å². The van der Waals surface area contributed by atoms with E-state index in [0.717, 1.165) is 11.8 Å². The van der Waals surface area contributed by atoms with Crippen LogP contribution in [0.2, 0.25) is 0 Å². The molecule has 1 aromatic carbocycles. The van der Waals surface area contributed by atoms with Crippen LogP contribution in [0, 0.1) is 13.8 Å². The minimum atomic E-state index is -4.43. The Hall–Kier alpha value is -2.88. The molecule has 0 amide bonds. The molecular formula is C20H23F3N6S. The van der Waals surface area contributed by atoms with Crippen LogP contribution in [0.25, 0.3) is 0 Å². The van der Waals surface area contributed by atoms with Gasteiger partial charge in [-0.25, -0.2) is 0 Å². The van der Waals surface area contributed by atoms with E-state index in [9.17, 15) is 13.2 Å². The van der Waals surface area contributed by atoms with Gasteiger partial charge in [-0.05, 0) is 49.7 Å². The number of alkyl halides is 3. The minimum absolute atomic E-state index is 0.367. The van der Waals surface area contributed by atoms with Gasteiger partial charge in [-0.15, -0.1) is 0 Å². The minimum Gasteiger partial charge on any atom is -0.362 e. The third-order valence-corrected chi connectivity index (χ3v) is 4.83. The zero-order chi connectivity index (χ0) is 21.7. The van der Waals surface area contributed by atoms with E-state index in [1.54, 1.807) is 13.1 Å². The average molecular weight is 437 g/mol. The van der Waals surface area contributed by atoms with Crippen molar-refractivity contribution < 1.29 is 13.2 Å². The Morgan fingerprint density at radius 1 is 1.20 bits per heavy atom. The van der Waals surface area contributed by atoms with Gasteiger partial charge in [0.1, 0.15) is 0 Å². The molecular weight excluding hydrogens is 413 g/mol. The summed E-state index contributed by atoms with van der Waals surface area (Å²) < 4.78 is 41.3. The Balaban J connectivity index is 1.43. The van der Waals surface area contributed by atoms with Gasteiger partial charge >= 0.3 is 6.18 Å². The van der Waals surface area contributed by atoms with Crippen molar-refractivity contribution >= 4 is 23.0 Å². The molecule has 0 saturated carbocycles. The lowest BCUT2D eigenvalue weighted by molar-refractivity contribution is -0.141. The molecule has 0 aliphatic heterocycles. The molecule has 2 N–H and O–H groups in total. The molecule has 0 unspecified atom stereocenters. The van der Waals surface area contributed by atoms with E-state index in [2.05, 4.69) is 39.9 Å². The van der Waals surface area contributed by atoms with Crippen LogP contribution in [0.4, 0.5) is 18.9 Å². The number of rotatable bonds is 7. The first kappa shape index (κ1) is 21.8. The van der Waals surface area contributed by atoms with Crippen LogP contribution in [-0.2, 0) is 19.3 Å². The van der Waals surface area contributed by atoms with Crippen molar-refractivity contribution in [1.29, 1.82) is 0 Å². The molecule has 30 heavy (non-hydrogen) atoms. The second-order valence-corrected chi connectivity index (χ2v) is 7.39. The normalized spacial score (nSPS) is 11.5. The standard InChI is InChI=1S/C20H23F3N6S/c1-14-6-3-4-7-16(14)12-28-13-17(11-25-28)26-19(30)24-8-5-9-29-15(2)10-18(27-29)20(21,22)23/h3-4,6-7,10-11,13H,5,8-9,12H2,1-2H3,(H2,24,26,30). The highest BCUT2D eigenvalue weighted by molar-refractivity contribution is 7.80. The number of hydrogen-bond donors (Lipinski definition) is 2. The third kappa shape index (κ3) is 5.82. The Morgan fingerprint density at radius 2 is 1.97 bits per heavy atom. The van der Waals surface area contributed by atoms with Crippen LogP contribution in [0.1, 0.15) is 28.9 Å². The maximum Gasteiger partial charge on any atom is 0.435 e. The van der Waals surface area contributed by atoms with Gasteiger partial charge in [-0.1, -0.05) is 24.3 Å². The first-order valence-electron chi connectivity index (χ1n) is 9.46. The molecule has 3 aromatic rings. The van der Waals surface area contributed by atoms with Crippen LogP contribution < -0.4 is 10.6 Å². The van der Waals surface area contributed by atoms with Crippen molar-refractivity contribution in [3.63, 3.8) is 0 Å². The highest BCUT2D eigenvalue weighted by atomic mass is 32.1.